The first-order chi connectivity index (χ1) is 13.5. The van der Waals surface area contributed by atoms with Gasteiger partial charge in [-0.15, -0.1) is 0 Å². The predicted octanol–water partition coefficient (Wildman–Crippen LogP) is 4.65. The maximum absolute atomic E-state index is 12.3. The van der Waals surface area contributed by atoms with Gasteiger partial charge in [0.2, 0.25) is 5.91 Å². The Balaban J connectivity index is 1.63. The van der Waals surface area contributed by atoms with Crippen molar-refractivity contribution in [3.05, 3.63) is 78.4 Å². The van der Waals surface area contributed by atoms with E-state index in [4.69, 9.17) is 4.74 Å². The third-order valence-corrected chi connectivity index (χ3v) is 3.97. The summed E-state index contributed by atoms with van der Waals surface area (Å²) in [5.74, 6) is 0.398. The Morgan fingerprint density at radius 1 is 0.750 bits per heavy atom. The third-order valence-electron chi connectivity index (χ3n) is 3.97. The molecule has 0 unspecified atom stereocenters. The van der Waals surface area contributed by atoms with Gasteiger partial charge >= 0.3 is 0 Å². The minimum atomic E-state index is -0.189. The van der Waals surface area contributed by atoms with E-state index in [9.17, 15) is 9.59 Å². The highest BCUT2D eigenvalue weighted by atomic mass is 16.5. The van der Waals surface area contributed by atoms with E-state index in [1.165, 1.54) is 6.92 Å². The highest BCUT2D eigenvalue weighted by Crippen LogP contribution is 2.22. The van der Waals surface area contributed by atoms with Crippen LogP contribution in [0.4, 0.5) is 22.7 Å². The highest BCUT2D eigenvalue weighted by Gasteiger charge is 2.06. The van der Waals surface area contributed by atoms with Crippen LogP contribution in [-0.4, -0.2) is 18.9 Å². The van der Waals surface area contributed by atoms with Crippen LogP contribution in [0, 0.1) is 0 Å². The zero-order valence-electron chi connectivity index (χ0n) is 15.7. The molecule has 0 aliphatic rings. The number of amides is 2. The van der Waals surface area contributed by atoms with Gasteiger partial charge in [-0.2, -0.15) is 0 Å². The van der Waals surface area contributed by atoms with Crippen molar-refractivity contribution in [2.24, 2.45) is 0 Å². The average molecular weight is 375 g/mol. The Morgan fingerprint density at radius 3 is 2.04 bits per heavy atom. The van der Waals surface area contributed by atoms with Gasteiger partial charge in [-0.25, -0.2) is 0 Å². The van der Waals surface area contributed by atoms with Gasteiger partial charge in [0, 0.05) is 35.2 Å². The molecule has 3 N–H and O–H groups in total. The summed E-state index contributed by atoms with van der Waals surface area (Å²) >= 11 is 0. The fourth-order valence-electron chi connectivity index (χ4n) is 2.63. The van der Waals surface area contributed by atoms with Gasteiger partial charge in [-0.05, 0) is 66.7 Å². The SMILES string of the molecule is COc1ccc(C(=O)Nc2ccc(Nc3cccc(NC(C)=O)c3)cc2)cc1. The number of nitrogens with one attached hydrogen (secondary N) is 3. The number of ether oxygens (including phenoxy) is 1. The number of hydrogen-bond donors (Lipinski definition) is 3. The molecule has 0 heterocycles. The molecule has 142 valence electrons. The molecule has 0 saturated carbocycles. The van der Waals surface area contributed by atoms with Gasteiger partial charge in [-0.1, -0.05) is 6.07 Å². The van der Waals surface area contributed by atoms with Crippen LogP contribution < -0.4 is 20.7 Å². The first-order valence-electron chi connectivity index (χ1n) is 8.73. The molecule has 0 aromatic heterocycles. The molecule has 0 fully saturated rings. The Morgan fingerprint density at radius 2 is 1.39 bits per heavy atom. The standard InChI is InChI=1S/C22H21N3O3/c1-15(26)23-19-4-3-5-20(14-19)24-17-8-10-18(11-9-17)25-22(27)16-6-12-21(28-2)13-7-16/h3-14,24H,1-2H3,(H,23,26)(H,25,27). The molecule has 6 nitrogen and oxygen atoms in total. The summed E-state index contributed by atoms with van der Waals surface area (Å²) in [6.45, 7) is 1.47. The fourth-order valence-corrected chi connectivity index (χ4v) is 2.63. The lowest BCUT2D eigenvalue weighted by Crippen LogP contribution is -2.11. The van der Waals surface area contributed by atoms with E-state index < -0.39 is 0 Å². The molecule has 3 aromatic rings. The number of methoxy groups -OCH3 is 1. The van der Waals surface area contributed by atoms with Crippen LogP contribution in [-0.2, 0) is 4.79 Å². The van der Waals surface area contributed by atoms with Crippen LogP contribution in [0.3, 0.4) is 0 Å². The van der Waals surface area contributed by atoms with Crippen LogP contribution in [0.5, 0.6) is 5.75 Å². The molecular formula is C22H21N3O3. The molecular weight excluding hydrogens is 354 g/mol. The molecule has 3 rings (SSSR count). The second kappa shape index (κ2) is 8.73. The van der Waals surface area contributed by atoms with Gasteiger partial charge < -0.3 is 20.7 Å². The molecule has 28 heavy (non-hydrogen) atoms. The average Bonchev–Trinajstić information content (AvgIpc) is 2.69. The molecule has 0 saturated heterocycles. The second-order valence-corrected chi connectivity index (χ2v) is 6.15. The minimum Gasteiger partial charge on any atom is -0.497 e. The van der Waals surface area contributed by atoms with E-state index in [-0.39, 0.29) is 11.8 Å². The molecule has 0 aliphatic heterocycles. The number of benzene rings is 3. The van der Waals surface area contributed by atoms with Crippen molar-refractivity contribution in [1.82, 2.24) is 0 Å². The van der Waals surface area contributed by atoms with E-state index in [0.717, 1.165) is 17.1 Å². The smallest absolute Gasteiger partial charge is 0.255 e. The summed E-state index contributed by atoms with van der Waals surface area (Å²) in [6, 6.07) is 21.7. The minimum absolute atomic E-state index is 0.117. The zero-order valence-corrected chi connectivity index (χ0v) is 15.7. The van der Waals surface area contributed by atoms with E-state index in [0.29, 0.717) is 17.0 Å². The van der Waals surface area contributed by atoms with Gasteiger partial charge in [0.05, 0.1) is 7.11 Å². The molecule has 0 atom stereocenters. The van der Waals surface area contributed by atoms with Crippen molar-refractivity contribution in [2.45, 2.75) is 6.92 Å². The Labute approximate surface area is 163 Å². The number of carbonyl (C=O) groups excluding carboxylic acids is 2. The zero-order chi connectivity index (χ0) is 19.9. The Kier molecular flexibility index (Phi) is 5.91. The summed E-state index contributed by atoms with van der Waals surface area (Å²) < 4.78 is 5.10. The van der Waals surface area contributed by atoms with Gasteiger partial charge in [0.15, 0.2) is 0 Å². The van der Waals surface area contributed by atoms with Crippen molar-refractivity contribution < 1.29 is 14.3 Å². The van der Waals surface area contributed by atoms with Crippen molar-refractivity contribution in [1.29, 1.82) is 0 Å². The monoisotopic (exact) mass is 375 g/mol. The van der Waals surface area contributed by atoms with Crippen molar-refractivity contribution in [3.63, 3.8) is 0 Å². The number of carbonyl (C=O) groups is 2. The lowest BCUT2D eigenvalue weighted by Gasteiger charge is -2.10. The largest absolute Gasteiger partial charge is 0.497 e. The molecule has 6 heteroatoms. The van der Waals surface area contributed by atoms with E-state index in [2.05, 4.69) is 16.0 Å². The summed E-state index contributed by atoms with van der Waals surface area (Å²) in [6.07, 6.45) is 0. The number of rotatable bonds is 6. The summed E-state index contributed by atoms with van der Waals surface area (Å²) in [5.41, 5.74) is 3.68. The van der Waals surface area contributed by atoms with Crippen LogP contribution in [0.1, 0.15) is 17.3 Å². The van der Waals surface area contributed by atoms with Crippen LogP contribution in [0.25, 0.3) is 0 Å². The lowest BCUT2D eigenvalue weighted by molar-refractivity contribution is -0.114. The third kappa shape index (κ3) is 5.11. The molecule has 0 spiro atoms. The summed E-state index contributed by atoms with van der Waals surface area (Å²) in [5, 5.41) is 8.88. The van der Waals surface area contributed by atoms with Crippen molar-refractivity contribution in [3.8, 4) is 5.75 Å². The highest BCUT2D eigenvalue weighted by molar-refractivity contribution is 6.04. The Bertz CT molecular complexity index is 967. The first kappa shape index (κ1) is 19.0. The number of hydrogen-bond acceptors (Lipinski definition) is 4. The van der Waals surface area contributed by atoms with Gasteiger partial charge in [-0.3, -0.25) is 9.59 Å². The molecule has 3 aromatic carbocycles. The van der Waals surface area contributed by atoms with Crippen LogP contribution in [0.15, 0.2) is 72.8 Å². The second-order valence-electron chi connectivity index (χ2n) is 6.15. The van der Waals surface area contributed by atoms with Crippen molar-refractivity contribution >= 4 is 34.6 Å². The maximum Gasteiger partial charge on any atom is 0.255 e. The first-order valence-corrected chi connectivity index (χ1v) is 8.73. The lowest BCUT2D eigenvalue weighted by atomic mass is 10.2. The van der Waals surface area contributed by atoms with E-state index >= 15 is 0 Å². The predicted molar refractivity (Wildman–Crippen MR) is 111 cm³/mol. The van der Waals surface area contributed by atoms with E-state index in [1.807, 2.05) is 48.5 Å². The fraction of sp³-hybridized carbons (Fsp3) is 0.0909. The van der Waals surface area contributed by atoms with Crippen LogP contribution in [0.2, 0.25) is 0 Å². The molecule has 0 aliphatic carbocycles. The van der Waals surface area contributed by atoms with Crippen LogP contribution >= 0.6 is 0 Å². The maximum atomic E-state index is 12.3. The van der Waals surface area contributed by atoms with Gasteiger partial charge in [0.25, 0.3) is 5.91 Å². The number of anilines is 4. The normalized spacial score (nSPS) is 10.1. The molecule has 0 radical (unpaired) electrons. The van der Waals surface area contributed by atoms with E-state index in [1.54, 1.807) is 31.4 Å². The van der Waals surface area contributed by atoms with Crippen molar-refractivity contribution in [2.75, 3.05) is 23.1 Å². The molecule has 2 amide bonds. The van der Waals surface area contributed by atoms with Gasteiger partial charge in [0.1, 0.15) is 5.75 Å². The topological polar surface area (TPSA) is 79.5 Å². The summed E-state index contributed by atoms with van der Waals surface area (Å²) in [7, 11) is 1.58. The molecule has 0 bridgehead atoms. The summed E-state index contributed by atoms with van der Waals surface area (Å²) in [4.78, 5) is 23.5. The Hall–Kier alpha value is -3.80. The quantitative estimate of drug-likeness (QED) is 0.586.